The van der Waals surface area contributed by atoms with E-state index in [4.69, 9.17) is 5.26 Å². The van der Waals surface area contributed by atoms with Crippen LogP contribution in [0, 0.1) is 11.3 Å². The van der Waals surface area contributed by atoms with Gasteiger partial charge in [-0.25, -0.2) is 8.78 Å². The first-order valence-corrected chi connectivity index (χ1v) is 4.42. The SMILES string of the molecule is CCOC(=O)CCC(F)(F)CCC#N. The van der Waals surface area contributed by atoms with Crippen LogP contribution in [0.1, 0.15) is 32.6 Å². The van der Waals surface area contributed by atoms with Crippen LogP contribution in [0.4, 0.5) is 8.78 Å². The van der Waals surface area contributed by atoms with Crippen molar-refractivity contribution in [3.05, 3.63) is 0 Å². The predicted octanol–water partition coefficient (Wildman–Crippen LogP) is 2.27. The second kappa shape index (κ2) is 6.30. The van der Waals surface area contributed by atoms with E-state index in [0.717, 1.165) is 0 Å². The summed E-state index contributed by atoms with van der Waals surface area (Å²) >= 11 is 0. The fourth-order valence-corrected chi connectivity index (χ4v) is 0.882. The summed E-state index contributed by atoms with van der Waals surface area (Å²) in [5, 5.41) is 8.12. The normalized spacial score (nSPS) is 10.7. The monoisotopic (exact) mass is 205 g/mol. The van der Waals surface area contributed by atoms with Gasteiger partial charge in [0.15, 0.2) is 0 Å². The molecule has 0 N–H and O–H groups in total. The Balaban J connectivity index is 3.75. The third-order valence-corrected chi connectivity index (χ3v) is 1.60. The van der Waals surface area contributed by atoms with Gasteiger partial charge < -0.3 is 4.74 Å². The van der Waals surface area contributed by atoms with E-state index < -0.39 is 24.7 Å². The molecule has 80 valence electrons. The number of alkyl halides is 2. The molecule has 0 aliphatic carbocycles. The lowest BCUT2D eigenvalue weighted by atomic mass is 10.1. The predicted molar refractivity (Wildman–Crippen MR) is 45.7 cm³/mol. The molecule has 0 aliphatic rings. The number of carbonyl (C=O) groups is 1. The summed E-state index contributed by atoms with van der Waals surface area (Å²) in [7, 11) is 0. The Labute approximate surface area is 81.7 Å². The minimum absolute atomic E-state index is 0.197. The van der Waals surface area contributed by atoms with Crippen LogP contribution in [0.2, 0.25) is 0 Å². The van der Waals surface area contributed by atoms with Gasteiger partial charge in [0.1, 0.15) is 0 Å². The molecule has 0 radical (unpaired) electrons. The molecule has 0 amide bonds. The van der Waals surface area contributed by atoms with Gasteiger partial charge in [0.2, 0.25) is 5.92 Å². The van der Waals surface area contributed by atoms with Gasteiger partial charge in [0, 0.05) is 19.3 Å². The van der Waals surface area contributed by atoms with E-state index >= 15 is 0 Å². The molecule has 5 heteroatoms. The smallest absolute Gasteiger partial charge is 0.305 e. The van der Waals surface area contributed by atoms with Crippen LogP contribution in [0.5, 0.6) is 0 Å². The highest BCUT2D eigenvalue weighted by atomic mass is 19.3. The zero-order valence-corrected chi connectivity index (χ0v) is 8.06. The molecule has 0 aromatic carbocycles. The Morgan fingerprint density at radius 3 is 2.64 bits per heavy atom. The number of hydrogen-bond donors (Lipinski definition) is 0. The third-order valence-electron chi connectivity index (χ3n) is 1.60. The molecule has 0 bridgehead atoms. The Hall–Kier alpha value is -1.18. The first-order valence-electron chi connectivity index (χ1n) is 4.42. The van der Waals surface area contributed by atoms with Crippen molar-refractivity contribution in [2.75, 3.05) is 6.61 Å². The molecule has 0 heterocycles. The minimum Gasteiger partial charge on any atom is -0.466 e. The van der Waals surface area contributed by atoms with Crippen LogP contribution in [0.3, 0.4) is 0 Å². The Bertz CT molecular complexity index is 223. The number of esters is 1. The molecule has 0 rings (SSSR count). The standard InChI is InChI=1S/C9H13F2NO2/c1-2-14-8(13)4-6-9(10,11)5-3-7-12/h2-6H2,1H3. The van der Waals surface area contributed by atoms with Crippen LogP contribution >= 0.6 is 0 Å². The molecule has 0 saturated carbocycles. The molecule has 0 unspecified atom stereocenters. The van der Waals surface area contributed by atoms with Gasteiger partial charge in [-0.2, -0.15) is 5.26 Å². The lowest BCUT2D eigenvalue weighted by molar-refractivity contribution is -0.145. The lowest BCUT2D eigenvalue weighted by Crippen LogP contribution is -2.18. The van der Waals surface area contributed by atoms with Gasteiger partial charge in [-0.1, -0.05) is 0 Å². The van der Waals surface area contributed by atoms with Crippen molar-refractivity contribution in [3.8, 4) is 6.07 Å². The van der Waals surface area contributed by atoms with E-state index in [-0.39, 0.29) is 19.4 Å². The van der Waals surface area contributed by atoms with Crippen LogP contribution in [0.15, 0.2) is 0 Å². The summed E-state index contributed by atoms with van der Waals surface area (Å²) in [5.41, 5.74) is 0. The highest BCUT2D eigenvalue weighted by Crippen LogP contribution is 2.25. The number of nitriles is 1. The highest BCUT2D eigenvalue weighted by molar-refractivity contribution is 5.69. The molecular weight excluding hydrogens is 192 g/mol. The Morgan fingerprint density at radius 2 is 2.14 bits per heavy atom. The number of halogens is 2. The number of rotatable bonds is 6. The Kier molecular flexibility index (Phi) is 5.77. The van der Waals surface area contributed by atoms with Crippen molar-refractivity contribution in [2.45, 2.75) is 38.5 Å². The maximum Gasteiger partial charge on any atom is 0.305 e. The fourth-order valence-electron chi connectivity index (χ4n) is 0.882. The minimum atomic E-state index is -2.94. The van der Waals surface area contributed by atoms with Gasteiger partial charge in [-0.05, 0) is 6.92 Å². The zero-order chi connectivity index (χ0) is 11.0. The fraction of sp³-hybridized carbons (Fsp3) is 0.778. The van der Waals surface area contributed by atoms with Crippen molar-refractivity contribution in [2.24, 2.45) is 0 Å². The van der Waals surface area contributed by atoms with Crippen molar-refractivity contribution in [1.29, 1.82) is 5.26 Å². The average Bonchev–Trinajstić information content (AvgIpc) is 2.13. The summed E-state index contributed by atoms with van der Waals surface area (Å²) in [6.07, 6.45) is -1.54. The molecule has 0 fully saturated rings. The average molecular weight is 205 g/mol. The van der Waals surface area contributed by atoms with Crippen LogP contribution in [-0.4, -0.2) is 18.5 Å². The van der Waals surface area contributed by atoms with Crippen molar-refractivity contribution >= 4 is 5.97 Å². The van der Waals surface area contributed by atoms with E-state index in [1.165, 1.54) is 0 Å². The maximum absolute atomic E-state index is 12.9. The summed E-state index contributed by atoms with van der Waals surface area (Å²) in [4.78, 5) is 10.7. The van der Waals surface area contributed by atoms with Gasteiger partial charge in [-0.3, -0.25) is 4.79 Å². The van der Waals surface area contributed by atoms with Gasteiger partial charge in [-0.15, -0.1) is 0 Å². The van der Waals surface area contributed by atoms with Crippen LogP contribution in [0.25, 0.3) is 0 Å². The van der Waals surface area contributed by atoms with Crippen molar-refractivity contribution < 1.29 is 18.3 Å². The summed E-state index contributed by atoms with van der Waals surface area (Å²) in [5.74, 6) is -3.56. The first kappa shape index (κ1) is 12.8. The third kappa shape index (κ3) is 6.35. The number of carbonyl (C=O) groups excluding carboxylic acids is 1. The second-order valence-corrected chi connectivity index (χ2v) is 2.82. The first-order chi connectivity index (χ1) is 6.52. The maximum atomic E-state index is 12.9. The molecule has 14 heavy (non-hydrogen) atoms. The molecule has 0 aromatic rings. The highest BCUT2D eigenvalue weighted by Gasteiger charge is 2.29. The van der Waals surface area contributed by atoms with Crippen molar-refractivity contribution in [3.63, 3.8) is 0 Å². The van der Waals surface area contributed by atoms with Crippen molar-refractivity contribution in [1.82, 2.24) is 0 Å². The largest absolute Gasteiger partial charge is 0.466 e. The number of hydrogen-bond acceptors (Lipinski definition) is 3. The zero-order valence-electron chi connectivity index (χ0n) is 8.06. The van der Waals surface area contributed by atoms with Gasteiger partial charge in [0.25, 0.3) is 0 Å². The molecule has 0 aliphatic heterocycles. The Morgan fingerprint density at radius 1 is 1.50 bits per heavy atom. The molecule has 0 aromatic heterocycles. The van der Waals surface area contributed by atoms with Crippen LogP contribution in [-0.2, 0) is 9.53 Å². The van der Waals surface area contributed by atoms with E-state index in [0.29, 0.717) is 0 Å². The van der Waals surface area contributed by atoms with Gasteiger partial charge in [0.05, 0.1) is 19.1 Å². The number of ether oxygens (including phenoxy) is 1. The topological polar surface area (TPSA) is 50.1 Å². The van der Waals surface area contributed by atoms with E-state index in [9.17, 15) is 13.6 Å². The molecule has 0 saturated heterocycles. The van der Waals surface area contributed by atoms with Crippen LogP contribution < -0.4 is 0 Å². The molecule has 3 nitrogen and oxygen atoms in total. The summed E-state index contributed by atoms with van der Waals surface area (Å²) in [6, 6.07) is 1.64. The van der Waals surface area contributed by atoms with E-state index in [2.05, 4.69) is 4.74 Å². The second-order valence-electron chi connectivity index (χ2n) is 2.82. The number of nitrogens with zero attached hydrogens (tertiary/aromatic N) is 1. The van der Waals surface area contributed by atoms with Gasteiger partial charge >= 0.3 is 5.97 Å². The summed E-state index contributed by atoms with van der Waals surface area (Å²) in [6.45, 7) is 1.81. The van der Waals surface area contributed by atoms with E-state index in [1.54, 1.807) is 13.0 Å². The molecule has 0 spiro atoms. The quantitative estimate of drug-likeness (QED) is 0.625. The molecular formula is C9H13F2NO2. The summed E-state index contributed by atoms with van der Waals surface area (Å²) < 4.78 is 30.2. The lowest BCUT2D eigenvalue weighted by Gasteiger charge is -2.13. The molecule has 0 atom stereocenters. The van der Waals surface area contributed by atoms with E-state index in [1.807, 2.05) is 0 Å².